The largest absolute Gasteiger partial charge is 0.416 e. The number of hydrogen-bond acceptors (Lipinski definition) is 6. The van der Waals surface area contributed by atoms with Gasteiger partial charge in [0.25, 0.3) is 0 Å². The van der Waals surface area contributed by atoms with Crippen LogP contribution in [0.1, 0.15) is 11.5 Å². The minimum atomic E-state index is -4.53. The average molecular weight is 549 g/mol. The Morgan fingerprint density at radius 1 is 1.11 bits per heavy atom. The van der Waals surface area contributed by atoms with E-state index in [0.717, 1.165) is 6.04 Å². The molecule has 8 nitrogen and oxygen atoms in total. The number of alkyl halides is 3. The molecule has 0 fully saturated rings. The van der Waals surface area contributed by atoms with Gasteiger partial charge < -0.3 is 9.47 Å². The third-order valence-electron chi connectivity index (χ3n) is 6.36. The monoisotopic (exact) mass is 548 g/mol. The SMILES string of the molecule is Cc1nc(-c2c(-c3ccc(F)cc3)nn3c2COC(C(F)(F)F)C3)c2cnn(COCC[Si](C)(C)C)c2n1. The van der Waals surface area contributed by atoms with Gasteiger partial charge in [0, 0.05) is 20.2 Å². The minimum absolute atomic E-state index is 0.206. The predicted molar refractivity (Wildman–Crippen MR) is 135 cm³/mol. The molecule has 4 heterocycles. The number of halogens is 4. The Bertz CT molecular complexity index is 1460. The molecule has 1 unspecified atom stereocenters. The molecule has 1 aliphatic rings. The van der Waals surface area contributed by atoms with Crippen LogP contribution in [0, 0.1) is 12.7 Å². The van der Waals surface area contributed by atoms with Crippen LogP contribution in [-0.2, 0) is 29.4 Å². The molecule has 1 aromatic carbocycles. The first-order valence-electron chi connectivity index (χ1n) is 12.2. The summed E-state index contributed by atoms with van der Waals surface area (Å²) in [6, 6.07) is 6.65. The number of hydrogen-bond donors (Lipinski definition) is 0. The maximum Gasteiger partial charge on any atom is 0.416 e. The van der Waals surface area contributed by atoms with Crippen LogP contribution in [0.2, 0.25) is 25.7 Å². The smallest absolute Gasteiger partial charge is 0.360 e. The molecule has 0 saturated heterocycles. The van der Waals surface area contributed by atoms with Gasteiger partial charge in [-0.2, -0.15) is 23.4 Å². The van der Waals surface area contributed by atoms with Crippen molar-refractivity contribution in [1.29, 1.82) is 0 Å². The van der Waals surface area contributed by atoms with Crippen LogP contribution in [0.4, 0.5) is 17.6 Å². The topological polar surface area (TPSA) is 79.9 Å². The maximum absolute atomic E-state index is 13.7. The highest BCUT2D eigenvalue weighted by atomic mass is 28.3. The summed E-state index contributed by atoms with van der Waals surface area (Å²) in [5.41, 5.74) is 2.88. The van der Waals surface area contributed by atoms with Crippen LogP contribution in [0.15, 0.2) is 30.5 Å². The Morgan fingerprint density at radius 3 is 2.53 bits per heavy atom. The first-order valence-corrected chi connectivity index (χ1v) is 15.9. The van der Waals surface area contributed by atoms with E-state index in [1.165, 1.54) is 28.9 Å². The predicted octanol–water partition coefficient (Wildman–Crippen LogP) is 5.58. The van der Waals surface area contributed by atoms with Crippen molar-refractivity contribution < 1.29 is 27.0 Å². The van der Waals surface area contributed by atoms with Crippen molar-refractivity contribution in [2.24, 2.45) is 0 Å². The average Bonchev–Trinajstić information content (AvgIpc) is 3.41. The highest BCUT2D eigenvalue weighted by molar-refractivity contribution is 6.76. The standard InChI is InChI=1S/C25H28F4N6O2Si/c1-15-31-23(18-11-30-35(24(18)32-15)14-36-9-10-38(2,3)4)21-19-13-37-20(25(27,28)29)12-34(19)33-22(21)16-5-7-17(26)8-6-16/h5-8,11,20H,9-10,12-14H2,1-4H3. The molecule has 3 aromatic heterocycles. The van der Waals surface area contributed by atoms with Crippen molar-refractivity contribution in [3.05, 3.63) is 47.8 Å². The lowest BCUT2D eigenvalue weighted by molar-refractivity contribution is -0.234. The first-order chi connectivity index (χ1) is 17.9. The Hall–Kier alpha value is -3.16. The van der Waals surface area contributed by atoms with Crippen LogP contribution < -0.4 is 0 Å². The number of nitrogens with zero attached hydrogens (tertiary/aromatic N) is 6. The molecular weight excluding hydrogens is 520 g/mol. The van der Waals surface area contributed by atoms with Gasteiger partial charge in [0.2, 0.25) is 0 Å². The van der Waals surface area contributed by atoms with Crippen molar-refractivity contribution >= 4 is 19.1 Å². The van der Waals surface area contributed by atoms with Crippen molar-refractivity contribution in [3.63, 3.8) is 0 Å². The summed E-state index contributed by atoms with van der Waals surface area (Å²) in [7, 11) is -1.26. The number of aryl methyl sites for hydroxylation is 1. The van der Waals surface area contributed by atoms with Gasteiger partial charge >= 0.3 is 6.18 Å². The van der Waals surface area contributed by atoms with Gasteiger partial charge in [-0.15, -0.1) is 0 Å². The van der Waals surface area contributed by atoms with Gasteiger partial charge in [0.1, 0.15) is 24.1 Å². The molecule has 0 spiro atoms. The zero-order chi connectivity index (χ0) is 27.2. The van der Waals surface area contributed by atoms with E-state index in [2.05, 4.69) is 39.8 Å². The normalized spacial score (nSPS) is 16.3. The van der Waals surface area contributed by atoms with Gasteiger partial charge in [-0.25, -0.2) is 19.0 Å². The summed E-state index contributed by atoms with van der Waals surface area (Å²) < 4.78 is 68.0. The highest BCUT2D eigenvalue weighted by Crippen LogP contribution is 2.40. The van der Waals surface area contributed by atoms with E-state index in [1.807, 2.05) is 0 Å². The third kappa shape index (κ3) is 5.36. The molecule has 0 aliphatic carbocycles. The van der Waals surface area contributed by atoms with Crippen molar-refractivity contribution in [2.75, 3.05) is 6.61 Å². The molecular formula is C25H28F4N6O2Si. The minimum Gasteiger partial charge on any atom is -0.360 e. The lowest BCUT2D eigenvalue weighted by Gasteiger charge is -2.26. The summed E-state index contributed by atoms with van der Waals surface area (Å²) in [5, 5.41) is 9.58. The molecule has 1 aliphatic heterocycles. The molecule has 1 atom stereocenters. The van der Waals surface area contributed by atoms with Crippen molar-refractivity contribution in [3.8, 4) is 22.5 Å². The lowest BCUT2D eigenvalue weighted by atomic mass is 10.0. The molecule has 0 bridgehead atoms. The molecule has 38 heavy (non-hydrogen) atoms. The Morgan fingerprint density at radius 2 is 1.84 bits per heavy atom. The van der Waals surface area contributed by atoms with Gasteiger partial charge in [0.05, 0.1) is 41.7 Å². The second-order valence-electron chi connectivity index (χ2n) is 10.5. The second kappa shape index (κ2) is 9.86. The van der Waals surface area contributed by atoms with Crippen LogP contribution in [0.3, 0.4) is 0 Å². The quantitative estimate of drug-likeness (QED) is 0.171. The summed E-state index contributed by atoms with van der Waals surface area (Å²) in [6.07, 6.45) is -4.89. The first kappa shape index (κ1) is 26.4. The Labute approximate surface area is 217 Å². The summed E-state index contributed by atoms with van der Waals surface area (Å²) in [6.45, 7) is 8.55. The Kier molecular flexibility index (Phi) is 6.86. The zero-order valence-electron chi connectivity index (χ0n) is 21.5. The Balaban J connectivity index is 1.60. The van der Waals surface area contributed by atoms with E-state index < -0.39 is 32.7 Å². The second-order valence-corrected chi connectivity index (χ2v) is 16.2. The fourth-order valence-electron chi connectivity index (χ4n) is 4.32. The van der Waals surface area contributed by atoms with E-state index in [9.17, 15) is 17.6 Å². The molecule has 0 saturated carbocycles. The molecule has 0 N–H and O–H groups in total. The summed E-state index contributed by atoms with van der Waals surface area (Å²) >= 11 is 0. The van der Waals surface area contributed by atoms with Crippen LogP contribution in [-0.4, -0.2) is 56.5 Å². The van der Waals surface area contributed by atoms with Gasteiger partial charge in [-0.3, -0.25) is 4.68 Å². The van der Waals surface area contributed by atoms with E-state index in [-0.39, 0.29) is 13.3 Å². The summed E-state index contributed by atoms with van der Waals surface area (Å²) in [5.74, 6) is 0.0154. The fourth-order valence-corrected chi connectivity index (χ4v) is 5.08. The van der Waals surface area contributed by atoms with Crippen LogP contribution in [0.25, 0.3) is 33.5 Å². The number of rotatable bonds is 7. The van der Waals surface area contributed by atoms with E-state index in [0.29, 0.717) is 51.7 Å². The number of benzene rings is 1. The molecule has 0 radical (unpaired) electrons. The van der Waals surface area contributed by atoms with Gasteiger partial charge in [-0.05, 0) is 37.2 Å². The molecule has 202 valence electrons. The lowest BCUT2D eigenvalue weighted by Crippen LogP contribution is -2.39. The molecule has 5 rings (SSSR count). The van der Waals surface area contributed by atoms with Crippen LogP contribution >= 0.6 is 0 Å². The van der Waals surface area contributed by atoms with E-state index in [1.54, 1.807) is 17.8 Å². The number of fused-ring (bicyclic) bond motifs is 2. The maximum atomic E-state index is 13.7. The highest BCUT2D eigenvalue weighted by Gasteiger charge is 2.44. The van der Waals surface area contributed by atoms with Crippen LogP contribution in [0.5, 0.6) is 0 Å². The van der Waals surface area contributed by atoms with E-state index >= 15 is 0 Å². The fraction of sp³-hybridized carbons (Fsp3) is 0.440. The number of ether oxygens (including phenoxy) is 2. The van der Waals surface area contributed by atoms with Gasteiger partial charge in [-0.1, -0.05) is 19.6 Å². The molecule has 0 amide bonds. The van der Waals surface area contributed by atoms with E-state index in [4.69, 9.17) is 9.47 Å². The van der Waals surface area contributed by atoms with Crippen molar-refractivity contribution in [2.45, 2.75) is 64.8 Å². The van der Waals surface area contributed by atoms with Crippen molar-refractivity contribution in [1.82, 2.24) is 29.5 Å². The van der Waals surface area contributed by atoms with Gasteiger partial charge in [0.15, 0.2) is 11.8 Å². The molecule has 13 heteroatoms. The number of aromatic nitrogens is 6. The molecule has 4 aromatic rings. The third-order valence-corrected chi connectivity index (χ3v) is 8.06. The zero-order valence-corrected chi connectivity index (χ0v) is 22.5. The summed E-state index contributed by atoms with van der Waals surface area (Å²) in [4.78, 5) is 9.23.